The van der Waals surface area contributed by atoms with E-state index < -0.39 is 4.92 Å². The summed E-state index contributed by atoms with van der Waals surface area (Å²) in [6, 6.07) is 4.81. The SMILES string of the molecule is COc1cc(CCC(Cl)C(C)C)cc([N+](=O)[O-])c1. The van der Waals surface area contributed by atoms with E-state index in [0.717, 1.165) is 12.0 Å². The van der Waals surface area contributed by atoms with Crippen molar-refractivity contribution in [3.8, 4) is 5.75 Å². The molecule has 0 fully saturated rings. The van der Waals surface area contributed by atoms with Crippen LogP contribution in [0.25, 0.3) is 0 Å². The molecular weight excluding hydrogens is 254 g/mol. The Morgan fingerprint density at radius 2 is 2.06 bits per heavy atom. The van der Waals surface area contributed by atoms with Crippen LogP contribution in [-0.2, 0) is 6.42 Å². The Labute approximate surface area is 112 Å². The second-order valence-corrected chi connectivity index (χ2v) is 5.16. The predicted molar refractivity (Wildman–Crippen MR) is 72.4 cm³/mol. The minimum Gasteiger partial charge on any atom is -0.496 e. The molecule has 0 amide bonds. The fourth-order valence-corrected chi connectivity index (χ4v) is 1.76. The molecule has 0 aromatic heterocycles. The first-order chi connectivity index (χ1) is 8.43. The van der Waals surface area contributed by atoms with Gasteiger partial charge in [0, 0.05) is 11.4 Å². The summed E-state index contributed by atoms with van der Waals surface area (Å²) in [5.74, 6) is 0.905. The number of alkyl halides is 1. The van der Waals surface area contributed by atoms with Crippen LogP contribution in [0.2, 0.25) is 0 Å². The zero-order valence-corrected chi connectivity index (χ0v) is 11.6. The van der Waals surface area contributed by atoms with E-state index in [1.807, 2.05) is 6.07 Å². The van der Waals surface area contributed by atoms with Crippen molar-refractivity contribution in [3.05, 3.63) is 33.9 Å². The van der Waals surface area contributed by atoms with Gasteiger partial charge in [0.2, 0.25) is 0 Å². The third-order valence-corrected chi connectivity index (χ3v) is 3.55. The highest BCUT2D eigenvalue weighted by Gasteiger charge is 2.13. The van der Waals surface area contributed by atoms with Crippen molar-refractivity contribution >= 4 is 17.3 Å². The molecule has 1 aromatic carbocycles. The van der Waals surface area contributed by atoms with Gasteiger partial charge >= 0.3 is 0 Å². The van der Waals surface area contributed by atoms with E-state index in [-0.39, 0.29) is 11.1 Å². The Balaban J connectivity index is 2.81. The average Bonchev–Trinajstić information content (AvgIpc) is 2.35. The normalized spacial score (nSPS) is 12.5. The van der Waals surface area contributed by atoms with Crippen molar-refractivity contribution in [1.82, 2.24) is 0 Å². The van der Waals surface area contributed by atoms with Gasteiger partial charge in [0.25, 0.3) is 5.69 Å². The molecule has 4 nitrogen and oxygen atoms in total. The van der Waals surface area contributed by atoms with Gasteiger partial charge in [-0.05, 0) is 30.4 Å². The summed E-state index contributed by atoms with van der Waals surface area (Å²) < 4.78 is 5.06. The standard InChI is InChI=1S/C13H18ClNO3/c1-9(2)13(14)5-4-10-6-11(15(16)17)8-12(7-10)18-3/h6-9,13H,4-5H2,1-3H3. The number of nitro benzene ring substituents is 1. The molecule has 1 atom stereocenters. The number of rotatable bonds is 6. The predicted octanol–water partition coefficient (Wildman–Crippen LogP) is 3.80. The first-order valence-corrected chi connectivity index (χ1v) is 6.34. The van der Waals surface area contributed by atoms with Crippen LogP contribution in [0.5, 0.6) is 5.75 Å². The number of nitro groups is 1. The molecule has 5 heteroatoms. The maximum Gasteiger partial charge on any atom is 0.273 e. The lowest BCUT2D eigenvalue weighted by Gasteiger charge is -2.13. The van der Waals surface area contributed by atoms with Crippen LogP contribution in [0, 0.1) is 16.0 Å². The van der Waals surface area contributed by atoms with Gasteiger partial charge in [-0.1, -0.05) is 13.8 Å². The number of hydrogen-bond donors (Lipinski definition) is 0. The molecule has 0 aliphatic heterocycles. The van der Waals surface area contributed by atoms with Gasteiger partial charge in [0.15, 0.2) is 0 Å². The van der Waals surface area contributed by atoms with Crippen molar-refractivity contribution in [2.75, 3.05) is 7.11 Å². The Hall–Kier alpha value is -1.29. The van der Waals surface area contributed by atoms with Crippen molar-refractivity contribution < 1.29 is 9.66 Å². The molecule has 0 radical (unpaired) electrons. The van der Waals surface area contributed by atoms with Crippen molar-refractivity contribution in [1.29, 1.82) is 0 Å². The molecule has 1 unspecified atom stereocenters. The van der Waals surface area contributed by atoms with Gasteiger partial charge in [-0.25, -0.2) is 0 Å². The largest absolute Gasteiger partial charge is 0.496 e. The molecule has 0 bridgehead atoms. The van der Waals surface area contributed by atoms with E-state index in [1.54, 1.807) is 6.07 Å². The first kappa shape index (κ1) is 14.8. The summed E-state index contributed by atoms with van der Waals surface area (Å²) in [7, 11) is 1.50. The first-order valence-electron chi connectivity index (χ1n) is 5.90. The van der Waals surface area contributed by atoms with E-state index >= 15 is 0 Å². The molecule has 1 rings (SSSR count). The van der Waals surface area contributed by atoms with E-state index in [0.29, 0.717) is 18.1 Å². The molecule has 0 spiro atoms. The van der Waals surface area contributed by atoms with Crippen LogP contribution < -0.4 is 4.74 Å². The summed E-state index contributed by atoms with van der Waals surface area (Å²) in [5, 5.41) is 10.9. The number of ether oxygens (including phenoxy) is 1. The van der Waals surface area contributed by atoms with Crippen molar-refractivity contribution in [2.45, 2.75) is 32.1 Å². The number of nitrogens with zero attached hydrogens (tertiary/aromatic N) is 1. The van der Waals surface area contributed by atoms with Crippen LogP contribution in [0.15, 0.2) is 18.2 Å². The topological polar surface area (TPSA) is 52.4 Å². The summed E-state index contributed by atoms with van der Waals surface area (Å²) in [5.41, 5.74) is 0.937. The van der Waals surface area contributed by atoms with E-state index in [4.69, 9.17) is 16.3 Å². The Kier molecular flexibility index (Phi) is 5.41. The van der Waals surface area contributed by atoms with Gasteiger partial charge in [-0.3, -0.25) is 10.1 Å². The van der Waals surface area contributed by atoms with E-state index in [2.05, 4.69) is 13.8 Å². The zero-order chi connectivity index (χ0) is 13.7. The highest BCUT2D eigenvalue weighted by Crippen LogP contribution is 2.25. The Morgan fingerprint density at radius 3 is 2.56 bits per heavy atom. The van der Waals surface area contributed by atoms with Crippen LogP contribution in [0.1, 0.15) is 25.8 Å². The number of non-ortho nitro benzene ring substituents is 1. The average molecular weight is 272 g/mol. The highest BCUT2D eigenvalue weighted by molar-refractivity contribution is 6.20. The van der Waals surface area contributed by atoms with E-state index in [9.17, 15) is 10.1 Å². The summed E-state index contributed by atoms with van der Waals surface area (Å²) in [6.45, 7) is 4.12. The number of aryl methyl sites for hydroxylation is 1. The quantitative estimate of drug-likeness (QED) is 0.449. The summed E-state index contributed by atoms with van der Waals surface area (Å²) >= 11 is 6.18. The lowest BCUT2D eigenvalue weighted by Crippen LogP contribution is -2.08. The molecule has 18 heavy (non-hydrogen) atoms. The minimum atomic E-state index is -0.410. The lowest BCUT2D eigenvalue weighted by atomic mass is 10.0. The number of methoxy groups -OCH3 is 1. The van der Waals surface area contributed by atoms with Gasteiger partial charge in [0.05, 0.1) is 18.1 Å². The van der Waals surface area contributed by atoms with Gasteiger partial charge < -0.3 is 4.74 Å². The number of hydrogen-bond acceptors (Lipinski definition) is 3. The molecule has 1 aromatic rings. The van der Waals surface area contributed by atoms with Crippen LogP contribution >= 0.6 is 11.6 Å². The molecule has 0 aliphatic rings. The van der Waals surface area contributed by atoms with Gasteiger partial charge in [-0.15, -0.1) is 11.6 Å². The lowest BCUT2D eigenvalue weighted by molar-refractivity contribution is -0.385. The molecule has 0 saturated heterocycles. The third-order valence-electron chi connectivity index (χ3n) is 2.83. The maximum atomic E-state index is 10.8. The van der Waals surface area contributed by atoms with Crippen molar-refractivity contribution in [3.63, 3.8) is 0 Å². The van der Waals surface area contributed by atoms with E-state index in [1.165, 1.54) is 13.2 Å². The molecular formula is C13H18ClNO3. The number of benzene rings is 1. The molecule has 100 valence electrons. The third kappa shape index (κ3) is 4.18. The molecule has 0 heterocycles. The van der Waals surface area contributed by atoms with Crippen LogP contribution in [-0.4, -0.2) is 17.4 Å². The smallest absolute Gasteiger partial charge is 0.273 e. The summed E-state index contributed by atoms with van der Waals surface area (Å²) in [6.07, 6.45) is 1.51. The van der Waals surface area contributed by atoms with Gasteiger partial charge in [-0.2, -0.15) is 0 Å². The molecule has 0 N–H and O–H groups in total. The maximum absolute atomic E-state index is 10.8. The second-order valence-electron chi connectivity index (χ2n) is 4.60. The zero-order valence-electron chi connectivity index (χ0n) is 10.9. The fraction of sp³-hybridized carbons (Fsp3) is 0.538. The highest BCUT2D eigenvalue weighted by atomic mass is 35.5. The summed E-state index contributed by atoms with van der Waals surface area (Å²) in [4.78, 5) is 10.4. The fourth-order valence-electron chi connectivity index (χ4n) is 1.65. The molecule has 0 aliphatic carbocycles. The minimum absolute atomic E-state index is 0.0556. The Morgan fingerprint density at radius 1 is 1.39 bits per heavy atom. The number of halogens is 1. The van der Waals surface area contributed by atoms with Crippen molar-refractivity contribution in [2.24, 2.45) is 5.92 Å². The van der Waals surface area contributed by atoms with Crippen LogP contribution in [0.4, 0.5) is 5.69 Å². The monoisotopic (exact) mass is 271 g/mol. The van der Waals surface area contributed by atoms with Crippen LogP contribution in [0.3, 0.4) is 0 Å². The van der Waals surface area contributed by atoms with Gasteiger partial charge in [0.1, 0.15) is 5.75 Å². The molecule has 0 saturated carbocycles. The Bertz CT molecular complexity index is 421. The second kappa shape index (κ2) is 6.59.